The third-order valence-corrected chi connectivity index (χ3v) is 6.17. The van der Waals surface area contributed by atoms with Gasteiger partial charge in [0.15, 0.2) is 0 Å². The van der Waals surface area contributed by atoms with Gasteiger partial charge in [-0.1, -0.05) is 12.1 Å². The van der Waals surface area contributed by atoms with Crippen molar-refractivity contribution in [3.05, 3.63) is 40.3 Å². The zero-order valence-electron chi connectivity index (χ0n) is 11.6. The van der Waals surface area contributed by atoms with Gasteiger partial charge in [-0.2, -0.15) is 0 Å². The molecule has 114 valence electrons. The molecule has 1 aromatic carbocycles. The van der Waals surface area contributed by atoms with Crippen LogP contribution in [0.4, 0.5) is 5.69 Å². The molecule has 1 heterocycles. The number of sulfonamides is 1. The summed E-state index contributed by atoms with van der Waals surface area (Å²) in [6, 6.07) is 7.43. The van der Waals surface area contributed by atoms with Gasteiger partial charge in [0.1, 0.15) is 0 Å². The Balaban J connectivity index is 1.80. The molecule has 2 rings (SSSR count). The minimum absolute atomic E-state index is 0.0507. The molecule has 0 saturated heterocycles. The van der Waals surface area contributed by atoms with E-state index in [0.717, 1.165) is 15.6 Å². The summed E-state index contributed by atoms with van der Waals surface area (Å²) in [5.74, 6) is 0.509. The molecule has 0 unspecified atom stereocenters. The van der Waals surface area contributed by atoms with E-state index in [1.807, 2.05) is 30.5 Å². The van der Waals surface area contributed by atoms with Crippen molar-refractivity contribution in [2.24, 2.45) is 0 Å². The first-order chi connectivity index (χ1) is 9.96. The molecule has 0 fully saturated rings. The summed E-state index contributed by atoms with van der Waals surface area (Å²) in [4.78, 5) is 5.13. The molecular formula is C13H17N3O2S3. The first-order valence-electron chi connectivity index (χ1n) is 6.32. The standard InChI is InChI=1S/C13H17N3O2S3/c1-10-16-11(9-20-10)8-15-21(17,18)7-6-19-13-5-3-2-4-12(13)14/h2-5,9,15H,6-8,14H2,1H3. The van der Waals surface area contributed by atoms with Crippen LogP contribution in [0.1, 0.15) is 10.7 Å². The van der Waals surface area contributed by atoms with Crippen LogP contribution in [0.25, 0.3) is 0 Å². The summed E-state index contributed by atoms with van der Waals surface area (Å²) < 4.78 is 26.4. The smallest absolute Gasteiger partial charge is 0.212 e. The van der Waals surface area contributed by atoms with Crippen LogP contribution in [0.2, 0.25) is 0 Å². The molecule has 8 heteroatoms. The molecule has 0 radical (unpaired) electrons. The first kappa shape index (κ1) is 16.3. The number of nitrogen functional groups attached to an aromatic ring is 1. The normalized spacial score (nSPS) is 11.7. The quantitative estimate of drug-likeness (QED) is 0.595. The molecule has 3 N–H and O–H groups in total. The number of thioether (sulfide) groups is 1. The Morgan fingerprint density at radius 3 is 2.81 bits per heavy atom. The molecule has 0 aliphatic carbocycles. The molecule has 0 spiro atoms. The van der Waals surface area contributed by atoms with Crippen molar-refractivity contribution in [2.75, 3.05) is 17.2 Å². The van der Waals surface area contributed by atoms with Crippen molar-refractivity contribution in [2.45, 2.75) is 18.4 Å². The Bertz CT molecular complexity index is 698. The lowest BCUT2D eigenvalue weighted by molar-refractivity contribution is 0.582. The van der Waals surface area contributed by atoms with Crippen LogP contribution in [-0.2, 0) is 16.6 Å². The second kappa shape index (κ2) is 7.26. The lowest BCUT2D eigenvalue weighted by Crippen LogP contribution is -2.27. The summed E-state index contributed by atoms with van der Waals surface area (Å²) in [6.45, 7) is 2.13. The average molecular weight is 343 g/mol. The molecular weight excluding hydrogens is 326 g/mol. The fraction of sp³-hybridized carbons (Fsp3) is 0.308. The van der Waals surface area contributed by atoms with Gasteiger partial charge in [0.25, 0.3) is 0 Å². The van der Waals surface area contributed by atoms with E-state index in [1.165, 1.54) is 23.1 Å². The number of anilines is 1. The van der Waals surface area contributed by atoms with Gasteiger partial charge in [-0.3, -0.25) is 0 Å². The molecule has 0 amide bonds. The highest BCUT2D eigenvalue weighted by atomic mass is 32.2. The molecule has 0 bridgehead atoms. The third kappa shape index (κ3) is 5.31. The van der Waals surface area contributed by atoms with Crippen LogP contribution in [0.15, 0.2) is 34.5 Å². The average Bonchev–Trinajstić information content (AvgIpc) is 2.85. The van der Waals surface area contributed by atoms with Gasteiger partial charge in [0.05, 0.1) is 23.0 Å². The maximum absolute atomic E-state index is 11.9. The Morgan fingerprint density at radius 1 is 1.38 bits per heavy atom. The van der Waals surface area contributed by atoms with Gasteiger partial charge in [-0.25, -0.2) is 18.1 Å². The minimum Gasteiger partial charge on any atom is -0.398 e. The fourth-order valence-electron chi connectivity index (χ4n) is 1.62. The Morgan fingerprint density at radius 2 is 2.14 bits per heavy atom. The molecule has 21 heavy (non-hydrogen) atoms. The van der Waals surface area contributed by atoms with Crippen molar-refractivity contribution in [3.8, 4) is 0 Å². The number of nitrogens with two attached hydrogens (primary N) is 1. The second-order valence-corrected chi connectivity index (χ2v) is 8.51. The molecule has 0 saturated carbocycles. The maximum Gasteiger partial charge on any atom is 0.212 e. The number of para-hydroxylation sites is 1. The van der Waals surface area contributed by atoms with E-state index in [0.29, 0.717) is 11.4 Å². The van der Waals surface area contributed by atoms with Crippen molar-refractivity contribution in [3.63, 3.8) is 0 Å². The van der Waals surface area contributed by atoms with Crippen molar-refractivity contribution in [1.29, 1.82) is 0 Å². The predicted octanol–water partition coefficient (Wildman–Crippen LogP) is 2.25. The molecule has 0 aliphatic heterocycles. The highest BCUT2D eigenvalue weighted by Gasteiger charge is 2.11. The summed E-state index contributed by atoms with van der Waals surface area (Å²) in [5, 5.41) is 2.79. The van der Waals surface area contributed by atoms with Gasteiger partial charge in [0, 0.05) is 21.7 Å². The largest absolute Gasteiger partial charge is 0.398 e. The summed E-state index contributed by atoms with van der Waals surface area (Å²) >= 11 is 2.95. The zero-order valence-corrected chi connectivity index (χ0v) is 14.0. The lowest BCUT2D eigenvalue weighted by Gasteiger charge is -2.07. The van der Waals surface area contributed by atoms with Gasteiger partial charge in [-0.15, -0.1) is 23.1 Å². The van der Waals surface area contributed by atoms with Crippen LogP contribution in [0, 0.1) is 6.92 Å². The summed E-state index contributed by atoms with van der Waals surface area (Å²) in [5.41, 5.74) is 7.24. The number of aryl methyl sites for hydroxylation is 1. The zero-order chi connectivity index (χ0) is 15.3. The minimum atomic E-state index is -3.30. The predicted molar refractivity (Wildman–Crippen MR) is 89.1 cm³/mol. The van der Waals surface area contributed by atoms with E-state index in [1.54, 1.807) is 6.07 Å². The van der Waals surface area contributed by atoms with E-state index in [9.17, 15) is 8.42 Å². The number of hydrogen-bond acceptors (Lipinski definition) is 6. The van der Waals surface area contributed by atoms with Crippen LogP contribution in [-0.4, -0.2) is 24.9 Å². The Kier molecular flexibility index (Phi) is 5.63. The maximum atomic E-state index is 11.9. The van der Waals surface area contributed by atoms with Crippen LogP contribution in [0.5, 0.6) is 0 Å². The lowest BCUT2D eigenvalue weighted by atomic mass is 10.3. The van der Waals surface area contributed by atoms with E-state index >= 15 is 0 Å². The second-order valence-electron chi connectivity index (χ2n) is 4.38. The number of nitrogens with zero attached hydrogens (tertiary/aromatic N) is 1. The number of aromatic nitrogens is 1. The van der Waals surface area contributed by atoms with Crippen molar-refractivity contribution < 1.29 is 8.42 Å². The van der Waals surface area contributed by atoms with Gasteiger partial charge < -0.3 is 5.73 Å². The van der Waals surface area contributed by atoms with E-state index in [-0.39, 0.29) is 12.3 Å². The van der Waals surface area contributed by atoms with Gasteiger partial charge in [0.2, 0.25) is 10.0 Å². The highest BCUT2D eigenvalue weighted by Crippen LogP contribution is 2.24. The molecule has 1 aromatic heterocycles. The monoisotopic (exact) mass is 343 g/mol. The van der Waals surface area contributed by atoms with Crippen molar-refractivity contribution >= 4 is 38.8 Å². The van der Waals surface area contributed by atoms with Crippen LogP contribution >= 0.6 is 23.1 Å². The fourth-order valence-corrected chi connectivity index (χ4v) is 4.58. The topological polar surface area (TPSA) is 85.1 Å². The van der Waals surface area contributed by atoms with Crippen molar-refractivity contribution in [1.82, 2.24) is 9.71 Å². The van der Waals surface area contributed by atoms with E-state index in [4.69, 9.17) is 5.73 Å². The third-order valence-electron chi connectivity index (χ3n) is 2.67. The first-order valence-corrected chi connectivity index (χ1v) is 9.84. The molecule has 0 atom stereocenters. The summed E-state index contributed by atoms with van der Waals surface area (Å²) in [7, 11) is -3.30. The number of rotatable bonds is 7. The van der Waals surface area contributed by atoms with Gasteiger partial charge in [-0.05, 0) is 19.1 Å². The Hall–Kier alpha value is -1.09. The molecule has 2 aromatic rings. The number of hydrogen-bond donors (Lipinski definition) is 2. The number of benzene rings is 1. The van der Waals surface area contributed by atoms with Crippen LogP contribution < -0.4 is 10.5 Å². The Labute approximate surface area is 133 Å². The van der Waals surface area contributed by atoms with Crippen LogP contribution in [0.3, 0.4) is 0 Å². The highest BCUT2D eigenvalue weighted by molar-refractivity contribution is 8.00. The van der Waals surface area contributed by atoms with Gasteiger partial charge >= 0.3 is 0 Å². The van der Waals surface area contributed by atoms with E-state index < -0.39 is 10.0 Å². The SMILES string of the molecule is Cc1nc(CNS(=O)(=O)CCSc2ccccc2N)cs1. The molecule has 5 nitrogen and oxygen atoms in total. The number of nitrogens with one attached hydrogen (secondary N) is 1. The van der Waals surface area contributed by atoms with E-state index in [2.05, 4.69) is 9.71 Å². The number of thiazole rings is 1. The summed E-state index contributed by atoms with van der Waals surface area (Å²) in [6.07, 6.45) is 0. The molecule has 0 aliphatic rings.